The van der Waals surface area contributed by atoms with Crippen molar-refractivity contribution in [2.45, 2.75) is 109 Å². The maximum atomic E-state index is 11.7. The van der Waals surface area contributed by atoms with Gasteiger partial charge in [-0.15, -0.1) is 0 Å². The third-order valence-electron chi connectivity index (χ3n) is 6.80. The number of unbranched alkanes of at least 4 members (excludes halogenated alkanes) is 15. The van der Waals surface area contributed by atoms with Crippen molar-refractivity contribution in [3.05, 3.63) is 39.8 Å². The van der Waals surface area contributed by atoms with Crippen LogP contribution in [0.25, 0.3) is 0 Å². The van der Waals surface area contributed by atoms with Crippen LogP contribution in [0.5, 0.6) is 0 Å². The molecule has 0 fully saturated rings. The van der Waals surface area contributed by atoms with E-state index in [0.717, 1.165) is 13.0 Å². The molecular formula is C31H56INO5P. The third-order valence-corrected chi connectivity index (χ3v) is 8.50. The van der Waals surface area contributed by atoms with Gasteiger partial charge in [-0.05, 0) is 73.6 Å². The first-order valence-corrected chi connectivity index (χ1v) is 17.9. The first kappa shape index (κ1) is 37.0. The molecule has 0 aliphatic rings. The Hall–Kier alpha value is -0.0200. The summed E-state index contributed by atoms with van der Waals surface area (Å²) in [5.41, 5.74) is 1.48. The average Bonchev–Trinajstić information content (AvgIpc) is 2.89. The smallest absolute Gasteiger partial charge is 0.381 e. The maximum Gasteiger partial charge on any atom is 0.472 e. The van der Waals surface area contributed by atoms with Gasteiger partial charge >= 0.3 is 7.82 Å². The number of nitrogens with zero attached hydrogens (tertiary/aromatic N) is 1. The number of ether oxygens (including phenoxy) is 1. The number of rotatable bonds is 28. The van der Waals surface area contributed by atoms with Crippen LogP contribution in [0.3, 0.4) is 0 Å². The van der Waals surface area contributed by atoms with Crippen molar-refractivity contribution in [2.75, 3.05) is 47.1 Å². The van der Waals surface area contributed by atoms with Gasteiger partial charge in [0, 0.05) is 23.1 Å². The number of hydrogen-bond donors (Lipinski definition) is 1. The summed E-state index contributed by atoms with van der Waals surface area (Å²) in [6.45, 7) is 1.92. The van der Waals surface area contributed by atoms with E-state index in [1.54, 1.807) is 6.42 Å². The number of halogens is 1. The topological polar surface area (TPSA) is 68.2 Å². The molecular weight excluding hydrogens is 624 g/mol. The Balaban J connectivity index is 1.71. The van der Waals surface area contributed by atoms with Gasteiger partial charge in [-0.3, -0.25) is 9.05 Å². The molecule has 0 saturated carbocycles. The van der Waals surface area contributed by atoms with Gasteiger partial charge in [0.2, 0.25) is 0 Å². The Morgan fingerprint density at radius 3 is 1.72 bits per heavy atom. The molecule has 39 heavy (non-hydrogen) atoms. The summed E-state index contributed by atoms with van der Waals surface area (Å²) >= 11 is 2.37. The van der Waals surface area contributed by atoms with Crippen LogP contribution in [0.2, 0.25) is 0 Å². The quantitative estimate of drug-likeness (QED) is 0.0542. The summed E-state index contributed by atoms with van der Waals surface area (Å²) in [7, 11) is -0.221. The Bertz CT molecular complexity index is 719. The molecule has 1 N–H and O–H groups in total. The Morgan fingerprint density at radius 2 is 1.21 bits per heavy atom. The van der Waals surface area contributed by atoms with E-state index < -0.39 is 7.82 Å². The maximum absolute atomic E-state index is 11.7. The first-order chi connectivity index (χ1) is 18.9. The molecule has 0 amide bonds. The van der Waals surface area contributed by atoms with Gasteiger partial charge in [0.1, 0.15) is 0 Å². The zero-order valence-electron chi connectivity index (χ0n) is 24.8. The van der Waals surface area contributed by atoms with Gasteiger partial charge in [-0.1, -0.05) is 102 Å². The summed E-state index contributed by atoms with van der Waals surface area (Å²) in [4.78, 5) is 11.4. The van der Waals surface area contributed by atoms with Crippen LogP contribution in [0, 0.1) is 9.99 Å². The van der Waals surface area contributed by atoms with Crippen LogP contribution in [0.15, 0.2) is 24.3 Å². The highest BCUT2D eigenvalue weighted by molar-refractivity contribution is 14.1. The van der Waals surface area contributed by atoms with E-state index in [9.17, 15) is 9.46 Å². The van der Waals surface area contributed by atoms with Gasteiger partial charge in [0.25, 0.3) is 0 Å². The van der Waals surface area contributed by atoms with Crippen molar-refractivity contribution in [1.82, 2.24) is 4.90 Å². The Kier molecular flexibility index (Phi) is 24.4. The fourth-order valence-electron chi connectivity index (χ4n) is 4.40. The van der Waals surface area contributed by atoms with Crippen molar-refractivity contribution in [1.29, 1.82) is 0 Å². The molecule has 8 heteroatoms. The van der Waals surface area contributed by atoms with E-state index in [1.165, 1.54) is 112 Å². The van der Waals surface area contributed by atoms with Crippen LogP contribution in [-0.2, 0) is 24.8 Å². The SMILES string of the molecule is CN(C)CCOP(=O)(O)OC[CH]COCCCCCCCCCCCCCCCCCCc1ccc(I)cc1. The lowest BCUT2D eigenvalue weighted by Gasteiger charge is -2.14. The summed E-state index contributed by atoms with van der Waals surface area (Å²) in [6, 6.07) is 8.96. The Labute approximate surface area is 253 Å². The molecule has 0 bridgehead atoms. The van der Waals surface area contributed by atoms with Gasteiger partial charge in [-0.2, -0.15) is 0 Å². The van der Waals surface area contributed by atoms with E-state index >= 15 is 0 Å². The number of phosphoric ester groups is 1. The van der Waals surface area contributed by atoms with Gasteiger partial charge in [-0.25, -0.2) is 4.57 Å². The minimum absolute atomic E-state index is 0.0466. The van der Waals surface area contributed by atoms with E-state index in [0.29, 0.717) is 13.2 Å². The molecule has 1 rings (SSSR count). The standard InChI is InChI=1S/C31H56INO5P/c1-33(2)25-29-38-39(34,35)37-28-19-27-36-26-18-16-14-12-10-8-6-4-3-5-7-9-11-13-15-17-20-30-21-23-31(32)24-22-30/h19,21-24H,3-18,20,25-29H2,1-2H3,(H,34,35). The Morgan fingerprint density at radius 1 is 0.718 bits per heavy atom. The molecule has 0 aromatic heterocycles. The van der Waals surface area contributed by atoms with Crippen LogP contribution in [0.1, 0.15) is 108 Å². The zero-order chi connectivity index (χ0) is 28.4. The third kappa shape index (κ3) is 25.4. The molecule has 1 aromatic carbocycles. The summed E-state index contributed by atoms with van der Waals surface area (Å²) in [6.07, 6.45) is 24.5. The summed E-state index contributed by atoms with van der Waals surface area (Å²) in [5.74, 6) is 0. The van der Waals surface area contributed by atoms with E-state index in [1.807, 2.05) is 19.0 Å². The molecule has 0 heterocycles. The van der Waals surface area contributed by atoms with Crippen molar-refractivity contribution in [3.8, 4) is 0 Å². The van der Waals surface area contributed by atoms with Crippen LogP contribution in [0.4, 0.5) is 0 Å². The summed E-state index contributed by atoms with van der Waals surface area (Å²) in [5, 5.41) is 0. The second-order valence-electron chi connectivity index (χ2n) is 10.8. The first-order valence-electron chi connectivity index (χ1n) is 15.3. The summed E-state index contributed by atoms with van der Waals surface area (Å²) < 4.78 is 28.3. The second kappa shape index (κ2) is 25.7. The average molecular weight is 681 g/mol. The second-order valence-corrected chi connectivity index (χ2v) is 13.5. The van der Waals surface area contributed by atoms with Gasteiger partial charge in [0.15, 0.2) is 0 Å². The molecule has 6 nitrogen and oxygen atoms in total. The van der Waals surface area contributed by atoms with E-state index in [4.69, 9.17) is 13.8 Å². The number of aryl methyl sites for hydroxylation is 1. The minimum atomic E-state index is -3.97. The highest BCUT2D eigenvalue weighted by Crippen LogP contribution is 2.42. The van der Waals surface area contributed by atoms with Crippen LogP contribution < -0.4 is 0 Å². The zero-order valence-corrected chi connectivity index (χ0v) is 27.8. The monoisotopic (exact) mass is 680 g/mol. The van der Waals surface area contributed by atoms with Crippen LogP contribution >= 0.6 is 30.4 Å². The van der Waals surface area contributed by atoms with Gasteiger partial charge in [0.05, 0.1) is 19.8 Å². The molecule has 0 aliphatic heterocycles. The largest absolute Gasteiger partial charge is 0.472 e. The van der Waals surface area contributed by atoms with E-state index in [-0.39, 0.29) is 13.2 Å². The van der Waals surface area contributed by atoms with Crippen molar-refractivity contribution in [2.24, 2.45) is 0 Å². The number of likely N-dealkylation sites (N-methyl/N-ethyl adjacent to an activating group) is 1. The minimum Gasteiger partial charge on any atom is -0.381 e. The highest BCUT2D eigenvalue weighted by atomic mass is 127. The molecule has 0 aliphatic carbocycles. The number of benzene rings is 1. The van der Waals surface area contributed by atoms with Crippen molar-refractivity contribution >= 4 is 30.4 Å². The molecule has 0 spiro atoms. The highest BCUT2D eigenvalue weighted by Gasteiger charge is 2.20. The lowest BCUT2D eigenvalue weighted by atomic mass is 10.0. The molecule has 1 unspecified atom stereocenters. The molecule has 1 atom stereocenters. The van der Waals surface area contributed by atoms with Crippen molar-refractivity contribution < 1.29 is 23.2 Å². The number of phosphoric acid groups is 1. The normalized spacial score (nSPS) is 13.3. The molecule has 1 aromatic rings. The molecule has 227 valence electrons. The predicted octanol–water partition coefficient (Wildman–Crippen LogP) is 8.99. The fraction of sp³-hybridized carbons (Fsp3) is 0.774. The van der Waals surface area contributed by atoms with Crippen molar-refractivity contribution in [3.63, 3.8) is 0 Å². The lowest BCUT2D eigenvalue weighted by molar-refractivity contribution is 0.124. The lowest BCUT2D eigenvalue weighted by Crippen LogP contribution is -2.17. The fourth-order valence-corrected chi connectivity index (χ4v) is 5.44. The predicted molar refractivity (Wildman–Crippen MR) is 172 cm³/mol. The van der Waals surface area contributed by atoms with E-state index in [2.05, 4.69) is 46.9 Å². The number of hydrogen-bond acceptors (Lipinski definition) is 5. The molecule has 0 saturated heterocycles. The van der Waals surface area contributed by atoms with Crippen LogP contribution in [-0.4, -0.2) is 56.9 Å². The van der Waals surface area contributed by atoms with Gasteiger partial charge < -0.3 is 14.5 Å². The molecule has 1 radical (unpaired) electrons.